The zero-order valence-corrected chi connectivity index (χ0v) is 14.3. The van der Waals surface area contributed by atoms with Gasteiger partial charge in [-0.3, -0.25) is 0 Å². The van der Waals surface area contributed by atoms with Crippen molar-refractivity contribution >= 4 is 17.6 Å². The molecule has 128 valence electrons. The van der Waals surface area contributed by atoms with Gasteiger partial charge in [0.05, 0.1) is 16.9 Å². The van der Waals surface area contributed by atoms with Crippen molar-refractivity contribution in [3.63, 3.8) is 0 Å². The molecule has 25 heavy (non-hydrogen) atoms. The van der Waals surface area contributed by atoms with Crippen LogP contribution in [0.25, 0.3) is 5.69 Å². The maximum Gasteiger partial charge on any atom is 0.344 e. The third kappa shape index (κ3) is 4.06. The number of aromatic nitrogens is 2. The van der Waals surface area contributed by atoms with Crippen LogP contribution in [0.15, 0.2) is 54.6 Å². The molecule has 4 nitrogen and oxygen atoms in total. The summed E-state index contributed by atoms with van der Waals surface area (Å²) < 4.78 is 20.2. The number of aryl methyl sites for hydroxylation is 1. The molecule has 6 heteroatoms. The Morgan fingerprint density at radius 1 is 1.16 bits per heavy atom. The molecule has 0 spiro atoms. The molecule has 0 saturated carbocycles. The highest BCUT2D eigenvalue weighted by Crippen LogP contribution is 2.22. The monoisotopic (exact) mass is 358 g/mol. The Balaban J connectivity index is 1.92. The number of nitrogens with zero attached hydrogens (tertiary/aromatic N) is 2. The molecule has 1 aromatic heterocycles. The number of carbonyl (C=O) groups is 1. The van der Waals surface area contributed by atoms with Crippen LogP contribution in [0.2, 0.25) is 5.02 Å². The van der Waals surface area contributed by atoms with Crippen LogP contribution in [0.4, 0.5) is 4.39 Å². The average molecular weight is 359 g/mol. The van der Waals surface area contributed by atoms with Gasteiger partial charge in [0.25, 0.3) is 0 Å². The predicted molar refractivity (Wildman–Crippen MR) is 93.9 cm³/mol. The van der Waals surface area contributed by atoms with Crippen molar-refractivity contribution in [1.82, 2.24) is 9.78 Å². The first kappa shape index (κ1) is 17.2. The molecule has 0 saturated heterocycles. The first-order chi connectivity index (χ1) is 12.1. The molecule has 0 unspecified atom stereocenters. The second-order valence-electron chi connectivity index (χ2n) is 5.51. The number of ether oxygens (including phenoxy) is 1. The van der Waals surface area contributed by atoms with Crippen molar-refractivity contribution in [3.05, 3.63) is 76.7 Å². The highest BCUT2D eigenvalue weighted by molar-refractivity contribution is 6.30. The van der Waals surface area contributed by atoms with Crippen LogP contribution in [0.1, 0.15) is 29.4 Å². The summed E-state index contributed by atoms with van der Waals surface area (Å²) in [6.07, 6.45) is 1.66. The lowest BCUT2D eigenvalue weighted by Crippen LogP contribution is -2.11. The molecule has 0 aliphatic rings. The highest BCUT2D eigenvalue weighted by atomic mass is 35.5. The van der Waals surface area contributed by atoms with E-state index in [-0.39, 0.29) is 11.7 Å². The molecule has 1 heterocycles. The second-order valence-corrected chi connectivity index (χ2v) is 5.94. The van der Waals surface area contributed by atoms with Crippen LogP contribution in [0, 0.1) is 5.82 Å². The summed E-state index contributed by atoms with van der Waals surface area (Å²) in [4.78, 5) is 12.4. The molecule has 0 aliphatic carbocycles. The number of esters is 1. The van der Waals surface area contributed by atoms with E-state index < -0.39 is 5.97 Å². The number of benzene rings is 2. The standard InChI is InChI=1S/C19H16ClFN2O2/c1-2-3-16-12-18(23(22-16)17-10-8-15(21)9-11-17)25-19(24)13-4-6-14(20)7-5-13/h4-12H,2-3H2,1H3. The number of carbonyl (C=O) groups excluding carboxylic acids is 1. The van der Waals surface area contributed by atoms with E-state index in [1.165, 1.54) is 16.8 Å². The van der Waals surface area contributed by atoms with Gasteiger partial charge < -0.3 is 4.74 Å². The first-order valence-electron chi connectivity index (χ1n) is 7.89. The molecule has 3 rings (SSSR count). The minimum absolute atomic E-state index is 0.287. The third-order valence-corrected chi connectivity index (χ3v) is 3.83. The topological polar surface area (TPSA) is 44.1 Å². The van der Waals surface area contributed by atoms with Crippen molar-refractivity contribution in [1.29, 1.82) is 0 Å². The summed E-state index contributed by atoms with van der Waals surface area (Å²) in [6.45, 7) is 2.04. The van der Waals surface area contributed by atoms with Gasteiger partial charge in [0.1, 0.15) is 5.82 Å². The SMILES string of the molecule is CCCc1cc(OC(=O)c2ccc(Cl)cc2)n(-c2ccc(F)cc2)n1. The molecule has 0 atom stereocenters. The zero-order chi connectivity index (χ0) is 17.8. The Bertz CT molecular complexity index is 873. The summed E-state index contributed by atoms with van der Waals surface area (Å²) in [7, 11) is 0. The normalized spacial score (nSPS) is 10.7. The summed E-state index contributed by atoms with van der Waals surface area (Å²) in [6, 6.07) is 14.0. The molecule has 3 aromatic rings. The fourth-order valence-electron chi connectivity index (χ4n) is 2.37. The summed E-state index contributed by atoms with van der Waals surface area (Å²) in [5.41, 5.74) is 1.79. The Morgan fingerprint density at radius 3 is 2.48 bits per heavy atom. The van der Waals surface area contributed by atoms with E-state index in [2.05, 4.69) is 5.10 Å². The smallest absolute Gasteiger partial charge is 0.344 e. The Hall–Kier alpha value is -2.66. The van der Waals surface area contributed by atoms with Crippen LogP contribution in [0.3, 0.4) is 0 Å². The quantitative estimate of drug-likeness (QED) is 0.613. The minimum atomic E-state index is -0.511. The highest BCUT2D eigenvalue weighted by Gasteiger charge is 2.16. The fourth-order valence-corrected chi connectivity index (χ4v) is 2.49. The Labute approximate surface area is 149 Å². The molecule has 2 aromatic carbocycles. The number of hydrogen-bond donors (Lipinski definition) is 0. The van der Waals surface area contributed by atoms with E-state index in [4.69, 9.17) is 16.3 Å². The van der Waals surface area contributed by atoms with E-state index in [0.29, 0.717) is 16.3 Å². The average Bonchev–Trinajstić information content (AvgIpc) is 2.99. The Kier molecular flexibility index (Phi) is 5.14. The minimum Gasteiger partial charge on any atom is -0.404 e. The van der Waals surface area contributed by atoms with Gasteiger partial charge in [0, 0.05) is 11.1 Å². The van der Waals surface area contributed by atoms with Gasteiger partial charge in [-0.2, -0.15) is 5.10 Å². The van der Waals surface area contributed by atoms with Crippen LogP contribution in [0.5, 0.6) is 5.88 Å². The number of rotatable bonds is 5. The van der Waals surface area contributed by atoms with Crippen molar-refractivity contribution in [2.45, 2.75) is 19.8 Å². The van der Waals surface area contributed by atoms with Crippen LogP contribution < -0.4 is 4.74 Å². The lowest BCUT2D eigenvalue weighted by Gasteiger charge is -2.08. The van der Waals surface area contributed by atoms with E-state index in [1.54, 1.807) is 42.5 Å². The molecular formula is C19H16ClFN2O2. The van der Waals surface area contributed by atoms with Crippen LogP contribution in [-0.2, 0) is 6.42 Å². The molecular weight excluding hydrogens is 343 g/mol. The van der Waals surface area contributed by atoms with E-state index >= 15 is 0 Å². The summed E-state index contributed by atoms with van der Waals surface area (Å²) in [5, 5.41) is 5.00. The lowest BCUT2D eigenvalue weighted by molar-refractivity contribution is 0.0723. The van der Waals surface area contributed by atoms with E-state index in [9.17, 15) is 9.18 Å². The van der Waals surface area contributed by atoms with Gasteiger partial charge in [0.15, 0.2) is 0 Å². The van der Waals surface area contributed by atoms with Gasteiger partial charge >= 0.3 is 5.97 Å². The molecule has 0 bridgehead atoms. The van der Waals surface area contributed by atoms with Crippen LogP contribution in [-0.4, -0.2) is 15.7 Å². The lowest BCUT2D eigenvalue weighted by atomic mass is 10.2. The maximum atomic E-state index is 13.2. The third-order valence-electron chi connectivity index (χ3n) is 3.58. The van der Waals surface area contributed by atoms with Crippen molar-refractivity contribution in [3.8, 4) is 11.6 Å². The predicted octanol–water partition coefficient (Wildman–Crippen LogP) is 4.84. The molecule has 0 aliphatic heterocycles. The second kappa shape index (κ2) is 7.49. The first-order valence-corrected chi connectivity index (χ1v) is 8.27. The van der Waals surface area contributed by atoms with Gasteiger partial charge in [-0.25, -0.2) is 13.9 Å². The van der Waals surface area contributed by atoms with Crippen LogP contribution >= 0.6 is 11.6 Å². The van der Waals surface area contributed by atoms with Crippen molar-refractivity contribution in [2.75, 3.05) is 0 Å². The Morgan fingerprint density at radius 2 is 1.84 bits per heavy atom. The van der Waals surface area contributed by atoms with Crippen molar-refractivity contribution < 1.29 is 13.9 Å². The van der Waals surface area contributed by atoms with E-state index in [0.717, 1.165) is 18.5 Å². The number of hydrogen-bond acceptors (Lipinski definition) is 3. The summed E-state index contributed by atoms with van der Waals surface area (Å²) in [5.74, 6) is -0.567. The zero-order valence-electron chi connectivity index (χ0n) is 13.6. The summed E-state index contributed by atoms with van der Waals surface area (Å²) >= 11 is 5.84. The van der Waals surface area contributed by atoms with Gasteiger partial charge in [-0.1, -0.05) is 24.9 Å². The molecule has 0 N–H and O–H groups in total. The maximum absolute atomic E-state index is 13.2. The largest absolute Gasteiger partial charge is 0.404 e. The van der Waals surface area contributed by atoms with Gasteiger partial charge in [-0.15, -0.1) is 0 Å². The van der Waals surface area contributed by atoms with E-state index in [1.807, 2.05) is 6.92 Å². The molecule has 0 amide bonds. The van der Waals surface area contributed by atoms with Crippen molar-refractivity contribution in [2.24, 2.45) is 0 Å². The fraction of sp³-hybridized carbons (Fsp3) is 0.158. The molecule has 0 radical (unpaired) electrons. The molecule has 0 fully saturated rings. The van der Waals surface area contributed by atoms with Gasteiger partial charge in [-0.05, 0) is 55.0 Å². The number of halogens is 2. The van der Waals surface area contributed by atoms with Gasteiger partial charge in [0.2, 0.25) is 5.88 Å².